The quantitative estimate of drug-likeness (QED) is 0.662. The third-order valence-electron chi connectivity index (χ3n) is 7.22. The number of hydrogen-bond acceptors (Lipinski definition) is 1. The average Bonchev–Trinajstić information content (AvgIpc) is 2.82. The minimum atomic E-state index is 0.196. The highest BCUT2D eigenvalue weighted by atomic mass is 16.6. The molecule has 1 heteroatoms. The summed E-state index contributed by atoms with van der Waals surface area (Å²) in [5.41, 5.74) is 1.59. The molecule has 0 spiro atoms. The van der Waals surface area contributed by atoms with Crippen molar-refractivity contribution in [3.8, 4) is 0 Å². The Morgan fingerprint density at radius 1 is 1.06 bits per heavy atom. The highest BCUT2D eigenvalue weighted by Gasteiger charge is 2.81. The van der Waals surface area contributed by atoms with Crippen molar-refractivity contribution in [3.63, 3.8) is 0 Å². The van der Waals surface area contributed by atoms with Crippen LogP contribution in [-0.4, -0.2) is 11.7 Å². The van der Waals surface area contributed by atoms with Crippen molar-refractivity contribution in [2.24, 2.45) is 28.6 Å². The normalized spacial score (nSPS) is 63.8. The first-order chi connectivity index (χ1) is 7.39. The third-order valence-corrected chi connectivity index (χ3v) is 7.22. The van der Waals surface area contributed by atoms with Crippen molar-refractivity contribution < 1.29 is 4.74 Å². The molecular weight excluding hydrogens is 196 g/mol. The van der Waals surface area contributed by atoms with Crippen LogP contribution in [0.3, 0.4) is 0 Å². The number of ether oxygens (including phenoxy) is 1. The smallest absolute Gasteiger partial charge is 0.0892 e. The van der Waals surface area contributed by atoms with E-state index in [-0.39, 0.29) is 5.60 Å². The Morgan fingerprint density at radius 2 is 1.62 bits per heavy atom. The molecule has 3 unspecified atom stereocenters. The van der Waals surface area contributed by atoms with Crippen LogP contribution in [0.4, 0.5) is 0 Å². The monoisotopic (exact) mass is 220 g/mol. The minimum absolute atomic E-state index is 0.196. The molecule has 1 heterocycles. The van der Waals surface area contributed by atoms with Crippen LogP contribution in [0.5, 0.6) is 0 Å². The Labute approximate surface area is 98.9 Å². The summed E-state index contributed by atoms with van der Waals surface area (Å²) in [4.78, 5) is 0. The maximum atomic E-state index is 5.74. The topological polar surface area (TPSA) is 12.5 Å². The van der Waals surface area contributed by atoms with Gasteiger partial charge in [0.2, 0.25) is 0 Å². The van der Waals surface area contributed by atoms with Gasteiger partial charge in [0, 0.05) is 0 Å². The van der Waals surface area contributed by atoms with Gasteiger partial charge in [-0.05, 0) is 68.1 Å². The Kier molecular flexibility index (Phi) is 1.48. The molecule has 4 saturated carbocycles. The zero-order valence-electron chi connectivity index (χ0n) is 11.0. The predicted molar refractivity (Wildman–Crippen MR) is 64.1 cm³/mol. The van der Waals surface area contributed by atoms with Crippen molar-refractivity contribution in [1.82, 2.24) is 0 Å². The van der Waals surface area contributed by atoms with E-state index >= 15 is 0 Å². The van der Waals surface area contributed by atoms with E-state index < -0.39 is 0 Å². The molecule has 16 heavy (non-hydrogen) atoms. The molecule has 5 aliphatic rings. The van der Waals surface area contributed by atoms with Gasteiger partial charge in [0.1, 0.15) is 0 Å². The van der Waals surface area contributed by atoms with Crippen LogP contribution in [0.25, 0.3) is 0 Å². The summed E-state index contributed by atoms with van der Waals surface area (Å²) in [6.45, 7) is 9.63. The Hall–Kier alpha value is -0.0400. The second-order valence-electron chi connectivity index (χ2n) is 7.83. The molecule has 1 saturated heterocycles. The van der Waals surface area contributed by atoms with Gasteiger partial charge in [-0.25, -0.2) is 0 Å². The van der Waals surface area contributed by atoms with Gasteiger partial charge in [-0.1, -0.05) is 13.8 Å². The fraction of sp³-hybridized carbons (Fsp3) is 1.00. The Morgan fingerprint density at radius 3 is 2.00 bits per heavy atom. The van der Waals surface area contributed by atoms with Gasteiger partial charge in [-0.2, -0.15) is 0 Å². The molecule has 4 aliphatic carbocycles. The Bertz CT molecular complexity index is 346. The summed E-state index contributed by atoms with van der Waals surface area (Å²) in [7, 11) is 0. The van der Waals surface area contributed by atoms with Crippen molar-refractivity contribution >= 4 is 0 Å². The van der Waals surface area contributed by atoms with Gasteiger partial charge in [-0.3, -0.25) is 0 Å². The zero-order valence-corrected chi connectivity index (χ0v) is 11.0. The fourth-order valence-electron chi connectivity index (χ4n) is 5.68. The standard InChI is InChI=1S/C15H24O/c1-13(2)12(16-13)5-6-14(3)9-7-10-11(8-9)15(10,14)4/h9-12H,5-8H2,1-4H3/t9?,10?,11?,12-,14?,15?/m1/s1. The highest BCUT2D eigenvalue weighted by molar-refractivity contribution is 5.28. The number of epoxide rings is 1. The maximum Gasteiger partial charge on any atom is 0.0892 e. The fourth-order valence-corrected chi connectivity index (χ4v) is 5.68. The van der Waals surface area contributed by atoms with Crippen LogP contribution in [-0.2, 0) is 4.74 Å². The molecule has 0 radical (unpaired) electrons. The zero-order chi connectivity index (χ0) is 11.3. The minimum Gasteiger partial charge on any atom is -0.367 e. The van der Waals surface area contributed by atoms with Crippen molar-refractivity contribution in [1.29, 1.82) is 0 Å². The molecule has 4 bridgehead atoms. The van der Waals surface area contributed by atoms with Crippen LogP contribution in [0.1, 0.15) is 53.4 Å². The second-order valence-corrected chi connectivity index (χ2v) is 7.83. The third kappa shape index (κ3) is 0.868. The van der Waals surface area contributed by atoms with Gasteiger partial charge in [0.25, 0.3) is 0 Å². The van der Waals surface area contributed by atoms with Crippen molar-refractivity contribution in [3.05, 3.63) is 0 Å². The lowest BCUT2D eigenvalue weighted by Crippen LogP contribution is -2.28. The van der Waals surface area contributed by atoms with Gasteiger partial charge in [-0.15, -0.1) is 0 Å². The van der Waals surface area contributed by atoms with Crippen molar-refractivity contribution in [2.75, 3.05) is 0 Å². The van der Waals surface area contributed by atoms with Crippen LogP contribution in [0.15, 0.2) is 0 Å². The summed E-state index contributed by atoms with van der Waals surface area (Å²) in [5.74, 6) is 3.26. The molecule has 4 atom stereocenters. The molecule has 0 aromatic heterocycles. The first kappa shape index (κ1) is 9.94. The van der Waals surface area contributed by atoms with E-state index in [2.05, 4.69) is 27.7 Å². The van der Waals surface area contributed by atoms with Crippen LogP contribution in [0, 0.1) is 28.6 Å². The summed E-state index contributed by atoms with van der Waals surface area (Å²) < 4.78 is 5.74. The van der Waals surface area contributed by atoms with Crippen LogP contribution < -0.4 is 0 Å². The van der Waals surface area contributed by atoms with Crippen LogP contribution >= 0.6 is 0 Å². The largest absolute Gasteiger partial charge is 0.367 e. The van der Waals surface area contributed by atoms with E-state index in [1.54, 1.807) is 12.8 Å². The summed E-state index contributed by atoms with van der Waals surface area (Å²) in [6, 6.07) is 0. The number of hydrogen-bond donors (Lipinski definition) is 0. The van der Waals surface area contributed by atoms with E-state index in [0.29, 0.717) is 11.5 Å². The lowest BCUT2D eigenvalue weighted by molar-refractivity contribution is 0.143. The van der Waals surface area contributed by atoms with E-state index in [1.165, 1.54) is 12.8 Å². The van der Waals surface area contributed by atoms with Gasteiger partial charge >= 0.3 is 0 Å². The molecule has 1 nitrogen and oxygen atoms in total. The van der Waals surface area contributed by atoms with Gasteiger partial charge < -0.3 is 4.74 Å². The average molecular weight is 220 g/mol. The van der Waals surface area contributed by atoms with E-state index in [4.69, 9.17) is 4.74 Å². The molecule has 0 amide bonds. The maximum absolute atomic E-state index is 5.74. The second kappa shape index (κ2) is 2.39. The lowest BCUT2D eigenvalue weighted by atomic mass is 9.70. The molecule has 1 aliphatic heterocycles. The predicted octanol–water partition coefficient (Wildman–Crippen LogP) is 3.63. The Balaban J connectivity index is 1.48. The van der Waals surface area contributed by atoms with E-state index in [0.717, 1.165) is 23.2 Å². The van der Waals surface area contributed by atoms with Crippen LogP contribution in [0.2, 0.25) is 0 Å². The number of rotatable bonds is 3. The summed E-state index contributed by atoms with van der Waals surface area (Å²) in [6.07, 6.45) is 6.37. The summed E-state index contributed by atoms with van der Waals surface area (Å²) in [5, 5.41) is 0. The SMILES string of the molecule is CC1(C)O[C@@H]1CCC1(C)C2CC3C(C2)C31C. The van der Waals surface area contributed by atoms with E-state index in [1.807, 2.05) is 0 Å². The van der Waals surface area contributed by atoms with Gasteiger partial charge in [0.05, 0.1) is 11.7 Å². The van der Waals surface area contributed by atoms with Gasteiger partial charge in [0.15, 0.2) is 0 Å². The van der Waals surface area contributed by atoms with Crippen molar-refractivity contribution in [2.45, 2.75) is 65.1 Å². The molecule has 0 aromatic carbocycles. The van der Waals surface area contributed by atoms with E-state index in [9.17, 15) is 0 Å². The molecule has 0 N–H and O–H groups in total. The lowest BCUT2D eigenvalue weighted by Gasteiger charge is -2.34. The highest BCUT2D eigenvalue weighted by Crippen LogP contribution is 2.87. The first-order valence-electron chi connectivity index (χ1n) is 7.07. The molecule has 0 aromatic rings. The molecule has 90 valence electrons. The molecular formula is C15H24O. The molecule has 5 fully saturated rings. The molecule has 5 rings (SSSR count). The first-order valence-corrected chi connectivity index (χ1v) is 7.07. The summed E-state index contributed by atoms with van der Waals surface area (Å²) >= 11 is 0.